The van der Waals surface area contributed by atoms with Crippen molar-refractivity contribution in [2.24, 2.45) is 0 Å². The number of carbonyl (C=O) groups excluding carboxylic acids is 3. The van der Waals surface area contributed by atoms with Gasteiger partial charge in [-0.3, -0.25) is 24.2 Å². The molecule has 7 heteroatoms. The number of fused-ring (bicyclic) bond motifs is 2. The summed E-state index contributed by atoms with van der Waals surface area (Å²) < 4.78 is 10.8. The number of ether oxygens (including phenoxy) is 2. The molecular weight excluding hydrogens is 312 g/mol. The minimum atomic E-state index is -0.482. The van der Waals surface area contributed by atoms with Crippen LogP contribution in [0.1, 0.15) is 31.0 Å². The van der Waals surface area contributed by atoms with Crippen molar-refractivity contribution in [3.63, 3.8) is 0 Å². The lowest BCUT2D eigenvalue weighted by molar-refractivity contribution is -0.154. The van der Waals surface area contributed by atoms with E-state index < -0.39 is 17.9 Å². The van der Waals surface area contributed by atoms with E-state index in [0.717, 1.165) is 10.5 Å². The summed E-state index contributed by atoms with van der Waals surface area (Å²) in [6.45, 7) is 2.84. The molecule has 126 valence electrons. The van der Waals surface area contributed by atoms with Gasteiger partial charge in [0.2, 0.25) is 11.8 Å². The first-order valence-electron chi connectivity index (χ1n) is 7.51. The molecule has 24 heavy (non-hydrogen) atoms. The van der Waals surface area contributed by atoms with Gasteiger partial charge in [-0.15, -0.1) is 0 Å². The smallest absolute Gasteiger partial charge is 0.277 e. The van der Waals surface area contributed by atoms with Crippen LogP contribution in [0.25, 0.3) is 6.08 Å². The molecule has 7 nitrogen and oxygen atoms in total. The summed E-state index contributed by atoms with van der Waals surface area (Å²) in [6, 6.07) is 3.11. The average Bonchev–Trinajstić information content (AvgIpc) is 2.56. The molecule has 3 rings (SSSR count). The Bertz CT molecular complexity index is 783. The Balaban J connectivity index is 2.24. The van der Waals surface area contributed by atoms with Crippen LogP contribution in [0, 0.1) is 0 Å². The third-order valence-electron chi connectivity index (χ3n) is 4.40. The fourth-order valence-corrected chi connectivity index (χ4v) is 3.27. The number of benzene rings is 1. The maximum atomic E-state index is 12.6. The molecule has 1 aromatic rings. The summed E-state index contributed by atoms with van der Waals surface area (Å²) in [7, 11) is 3.09. The molecule has 1 unspecified atom stereocenters. The Morgan fingerprint density at radius 1 is 1.17 bits per heavy atom. The number of imide groups is 1. The molecule has 2 aliphatic heterocycles. The molecule has 2 heterocycles. The van der Waals surface area contributed by atoms with Crippen molar-refractivity contribution >= 4 is 23.8 Å². The number of rotatable bonds is 2. The number of amides is 3. The fourth-order valence-electron chi connectivity index (χ4n) is 3.27. The zero-order valence-electron chi connectivity index (χ0n) is 14.0. The molecule has 1 atom stereocenters. The van der Waals surface area contributed by atoms with Crippen molar-refractivity contribution in [3.8, 4) is 11.5 Å². The van der Waals surface area contributed by atoms with Crippen LogP contribution in [0.2, 0.25) is 0 Å². The molecule has 1 fully saturated rings. The highest BCUT2D eigenvalue weighted by atomic mass is 16.5. The monoisotopic (exact) mass is 330 g/mol. The van der Waals surface area contributed by atoms with E-state index in [1.807, 2.05) is 6.92 Å². The topological polar surface area (TPSA) is 76.1 Å². The quantitative estimate of drug-likeness (QED) is 0.818. The minimum Gasteiger partial charge on any atom is -0.496 e. The Labute approximate surface area is 139 Å². The van der Waals surface area contributed by atoms with Crippen molar-refractivity contribution < 1.29 is 23.9 Å². The summed E-state index contributed by atoms with van der Waals surface area (Å²) in [5.41, 5.74) is 1.63. The predicted molar refractivity (Wildman–Crippen MR) is 85.2 cm³/mol. The van der Waals surface area contributed by atoms with Crippen LogP contribution in [0.15, 0.2) is 17.8 Å². The van der Waals surface area contributed by atoms with Crippen molar-refractivity contribution in [3.05, 3.63) is 29.0 Å². The Morgan fingerprint density at radius 3 is 2.38 bits per heavy atom. The molecule has 1 aromatic carbocycles. The minimum absolute atomic E-state index is 0.174. The second kappa shape index (κ2) is 5.67. The number of hydrogen-bond acceptors (Lipinski definition) is 5. The summed E-state index contributed by atoms with van der Waals surface area (Å²) in [6.07, 6.45) is 1.59. The number of methoxy groups -OCH3 is 2. The van der Waals surface area contributed by atoms with Gasteiger partial charge >= 0.3 is 0 Å². The fraction of sp³-hybridized carbons (Fsp3) is 0.353. The highest BCUT2D eigenvalue weighted by molar-refractivity contribution is 6.13. The van der Waals surface area contributed by atoms with E-state index in [1.165, 1.54) is 18.9 Å². The van der Waals surface area contributed by atoms with Crippen LogP contribution in [0.4, 0.5) is 0 Å². The second-order valence-corrected chi connectivity index (χ2v) is 5.68. The highest BCUT2D eigenvalue weighted by Gasteiger charge is 2.43. The van der Waals surface area contributed by atoms with Crippen LogP contribution < -0.4 is 9.47 Å². The molecule has 3 amide bonds. The zero-order valence-corrected chi connectivity index (χ0v) is 14.0. The molecule has 1 saturated heterocycles. The zero-order chi connectivity index (χ0) is 17.6. The third-order valence-corrected chi connectivity index (χ3v) is 4.40. The first kappa shape index (κ1) is 16.0. The number of carbonyl (C=O) groups is 3. The Kier molecular flexibility index (Phi) is 3.79. The lowest BCUT2D eigenvalue weighted by Gasteiger charge is -2.41. The van der Waals surface area contributed by atoms with Gasteiger partial charge in [-0.1, -0.05) is 0 Å². The summed E-state index contributed by atoms with van der Waals surface area (Å²) >= 11 is 0. The van der Waals surface area contributed by atoms with E-state index in [0.29, 0.717) is 17.1 Å². The summed E-state index contributed by atoms with van der Waals surface area (Å²) in [5, 5.41) is 0. The molecule has 0 saturated carbocycles. The molecule has 0 aromatic heterocycles. The van der Waals surface area contributed by atoms with Crippen molar-refractivity contribution in [2.75, 3.05) is 20.8 Å². The molecule has 0 aliphatic carbocycles. The normalized spacial score (nSPS) is 19.5. The standard InChI is InChI=1S/C17H18N2O5/c1-9-16-11(13(23-3)5-6-14(16)24-4)7-12-17(22)18(10(2)20)8-15(21)19(9)12/h5-7,9H,8H2,1-4H3. The molecule has 2 aliphatic rings. The molecule has 0 bridgehead atoms. The van der Waals surface area contributed by atoms with Crippen LogP contribution >= 0.6 is 0 Å². The van der Waals surface area contributed by atoms with Gasteiger partial charge in [-0.05, 0) is 25.1 Å². The second-order valence-electron chi connectivity index (χ2n) is 5.68. The van der Waals surface area contributed by atoms with Gasteiger partial charge in [-0.25, -0.2) is 0 Å². The van der Waals surface area contributed by atoms with Gasteiger partial charge < -0.3 is 9.47 Å². The van der Waals surface area contributed by atoms with Crippen LogP contribution in [0.3, 0.4) is 0 Å². The maximum Gasteiger partial charge on any atom is 0.277 e. The number of hydrogen-bond donors (Lipinski definition) is 0. The first-order valence-corrected chi connectivity index (χ1v) is 7.51. The van der Waals surface area contributed by atoms with Gasteiger partial charge in [0.1, 0.15) is 23.7 Å². The van der Waals surface area contributed by atoms with Gasteiger partial charge in [0, 0.05) is 18.1 Å². The van der Waals surface area contributed by atoms with Crippen LogP contribution in [-0.4, -0.2) is 48.3 Å². The van der Waals surface area contributed by atoms with Gasteiger partial charge in [0.05, 0.1) is 20.3 Å². The number of piperazine rings is 1. The van der Waals surface area contributed by atoms with E-state index in [-0.39, 0.29) is 18.1 Å². The number of nitrogens with zero attached hydrogens (tertiary/aromatic N) is 2. The average molecular weight is 330 g/mol. The Hall–Kier alpha value is -2.83. The SMILES string of the molecule is COc1ccc(OC)c2c1C=C1C(=O)N(C(C)=O)CC(=O)N1C2C. The largest absolute Gasteiger partial charge is 0.496 e. The molecule has 0 N–H and O–H groups in total. The Morgan fingerprint density at radius 2 is 1.79 bits per heavy atom. The van der Waals surface area contributed by atoms with E-state index in [9.17, 15) is 14.4 Å². The van der Waals surface area contributed by atoms with E-state index in [4.69, 9.17) is 9.47 Å². The van der Waals surface area contributed by atoms with Gasteiger partial charge in [0.25, 0.3) is 5.91 Å². The first-order chi connectivity index (χ1) is 11.4. The van der Waals surface area contributed by atoms with Crippen LogP contribution in [-0.2, 0) is 14.4 Å². The van der Waals surface area contributed by atoms with Gasteiger partial charge in [-0.2, -0.15) is 0 Å². The summed E-state index contributed by atoms with van der Waals surface area (Å²) in [5.74, 6) is -0.0543. The lowest BCUT2D eigenvalue weighted by Crippen LogP contribution is -2.54. The third kappa shape index (κ3) is 2.16. The van der Waals surface area contributed by atoms with Crippen LogP contribution in [0.5, 0.6) is 11.5 Å². The van der Waals surface area contributed by atoms with Crippen molar-refractivity contribution in [2.45, 2.75) is 19.9 Å². The lowest BCUT2D eigenvalue weighted by atomic mass is 9.91. The van der Waals surface area contributed by atoms with E-state index >= 15 is 0 Å². The highest BCUT2D eigenvalue weighted by Crippen LogP contribution is 2.44. The van der Waals surface area contributed by atoms with E-state index in [2.05, 4.69) is 0 Å². The van der Waals surface area contributed by atoms with E-state index in [1.54, 1.807) is 25.3 Å². The predicted octanol–water partition coefficient (Wildman–Crippen LogP) is 1.34. The summed E-state index contributed by atoms with van der Waals surface area (Å²) in [4.78, 5) is 39.2. The van der Waals surface area contributed by atoms with Crippen molar-refractivity contribution in [1.29, 1.82) is 0 Å². The molecule has 0 spiro atoms. The maximum absolute atomic E-state index is 12.6. The van der Waals surface area contributed by atoms with Crippen molar-refractivity contribution in [1.82, 2.24) is 9.80 Å². The van der Waals surface area contributed by atoms with Gasteiger partial charge in [0.15, 0.2) is 0 Å². The molecular formula is C17H18N2O5. The molecule has 0 radical (unpaired) electrons.